The van der Waals surface area contributed by atoms with E-state index in [0.29, 0.717) is 0 Å². The molecule has 3 heteroatoms. The molecule has 0 aliphatic carbocycles. The fourth-order valence-corrected chi connectivity index (χ4v) is 4.30. The average molecular weight is 681 g/mol. The molecule has 6 rings (SSSR count). The molecule has 0 aliphatic rings. The molecule has 0 fully saturated rings. The summed E-state index contributed by atoms with van der Waals surface area (Å²) >= 11 is 0. The molecule has 0 aliphatic heterocycles. The third kappa shape index (κ3) is 8.15. The predicted octanol–water partition coefficient (Wildman–Crippen LogP) is 8.28. The van der Waals surface area contributed by atoms with E-state index in [9.17, 15) is 0 Å². The Bertz CT molecular complexity index is 1540. The van der Waals surface area contributed by atoms with E-state index < -0.39 is 0 Å². The molecular weight excluding hydrogens is 653 g/mol. The summed E-state index contributed by atoms with van der Waals surface area (Å²) in [4.78, 5) is 8.84. The average Bonchev–Trinajstić information content (AvgIpc) is 3.00. The summed E-state index contributed by atoms with van der Waals surface area (Å²) in [5.41, 5.74) is 9.24. The van der Waals surface area contributed by atoms with Gasteiger partial charge in [0.2, 0.25) is 0 Å². The maximum atomic E-state index is 4.42. The SMILES string of the molecule is [Ir].[c-]1cccc(Cc2ccccc2)c1-c1ccccn1.[c-]1ccccc1-c1cc(Cc2ccccc2)ccn1. The van der Waals surface area contributed by atoms with Crippen LogP contribution in [-0.2, 0) is 32.9 Å². The molecule has 0 saturated carbocycles. The number of aromatic nitrogens is 2. The summed E-state index contributed by atoms with van der Waals surface area (Å²) in [5.74, 6) is 0. The van der Waals surface area contributed by atoms with Gasteiger partial charge in [-0.2, -0.15) is 0 Å². The molecule has 0 bridgehead atoms. The fraction of sp³-hybridized carbons (Fsp3) is 0.0556. The van der Waals surface area contributed by atoms with Crippen molar-refractivity contribution in [2.75, 3.05) is 0 Å². The number of benzene rings is 4. The summed E-state index contributed by atoms with van der Waals surface area (Å²) < 4.78 is 0. The quantitative estimate of drug-likeness (QED) is 0.166. The van der Waals surface area contributed by atoms with Crippen molar-refractivity contribution in [2.24, 2.45) is 0 Å². The first-order chi connectivity index (χ1) is 18.8. The van der Waals surface area contributed by atoms with Crippen LogP contribution in [0.1, 0.15) is 22.3 Å². The van der Waals surface area contributed by atoms with Crippen LogP contribution in [0.3, 0.4) is 0 Å². The van der Waals surface area contributed by atoms with Crippen LogP contribution in [0.25, 0.3) is 22.5 Å². The molecule has 1 radical (unpaired) electrons. The van der Waals surface area contributed by atoms with E-state index in [1.54, 1.807) is 0 Å². The molecule has 0 unspecified atom stereocenters. The van der Waals surface area contributed by atoms with Crippen molar-refractivity contribution in [2.45, 2.75) is 12.8 Å². The van der Waals surface area contributed by atoms with Crippen molar-refractivity contribution in [1.29, 1.82) is 0 Å². The molecule has 6 aromatic rings. The number of hydrogen-bond acceptors (Lipinski definition) is 2. The van der Waals surface area contributed by atoms with Gasteiger partial charge in [-0.25, -0.2) is 0 Å². The molecule has 0 N–H and O–H groups in total. The molecule has 0 atom stereocenters. The second kappa shape index (κ2) is 14.7. The Labute approximate surface area is 244 Å². The minimum Gasteiger partial charge on any atom is -0.305 e. The topological polar surface area (TPSA) is 25.8 Å². The summed E-state index contributed by atoms with van der Waals surface area (Å²) in [7, 11) is 0. The van der Waals surface area contributed by atoms with Crippen LogP contribution in [0.5, 0.6) is 0 Å². The number of rotatable bonds is 6. The molecule has 2 aromatic heterocycles. The summed E-state index contributed by atoms with van der Waals surface area (Å²) in [5, 5.41) is 0. The van der Waals surface area contributed by atoms with Crippen molar-refractivity contribution < 1.29 is 20.1 Å². The maximum absolute atomic E-state index is 4.42. The van der Waals surface area contributed by atoms with Crippen LogP contribution in [0.4, 0.5) is 0 Å². The smallest absolute Gasteiger partial charge is 0.0163 e. The van der Waals surface area contributed by atoms with Gasteiger partial charge in [0.25, 0.3) is 0 Å². The first-order valence-corrected chi connectivity index (χ1v) is 12.8. The van der Waals surface area contributed by atoms with Crippen molar-refractivity contribution in [3.05, 3.63) is 180 Å². The van der Waals surface area contributed by atoms with Crippen LogP contribution >= 0.6 is 0 Å². The number of nitrogens with zero attached hydrogens (tertiary/aromatic N) is 2. The zero-order valence-corrected chi connectivity index (χ0v) is 23.9. The van der Waals surface area contributed by atoms with Gasteiger partial charge in [0.15, 0.2) is 0 Å². The zero-order chi connectivity index (χ0) is 25.8. The van der Waals surface area contributed by atoms with Crippen LogP contribution < -0.4 is 0 Å². The van der Waals surface area contributed by atoms with Crippen LogP contribution in [-0.4, -0.2) is 9.97 Å². The van der Waals surface area contributed by atoms with Gasteiger partial charge in [0.1, 0.15) is 0 Å². The van der Waals surface area contributed by atoms with Crippen molar-refractivity contribution >= 4 is 0 Å². The van der Waals surface area contributed by atoms with E-state index in [1.807, 2.05) is 79.1 Å². The van der Waals surface area contributed by atoms with Gasteiger partial charge in [0.05, 0.1) is 0 Å². The van der Waals surface area contributed by atoms with Crippen LogP contribution in [0.15, 0.2) is 146 Å². The Kier molecular flexibility index (Phi) is 10.5. The minimum atomic E-state index is 0. The molecular formula is C36H28IrN2-2. The van der Waals surface area contributed by atoms with Crippen LogP contribution in [0.2, 0.25) is 0 Å². The van der Waals surface area contributed by atoms with E-state index in [0.717, 1.165) is 35.4 Å². The second-order valence-corrected chi connectivity index (χ2v) is 8.94. The molecule has 0 spiro atoms. The van der Waals surface area contributed by atoms with Gasteiger partial charge >= 0.3 is 0 Å². The Hall–Kier alpha value is -4.17. The molecule has 2 heterocycles. The standard InChI is InChI=1S/2C18H14N.Ir/c1-3-7-15(8-4-1)13-16-11-12-19-18(14-16)17-9-5-2-6-10-17;1-2-8-15(9-3-1)14-16-10-4-5-11-17(16)18-12-6-7-13-19-18;/h1-9,11-12,14H,13H2;1-10,12-13H,14H2;/q2*-1;. The third-order valence-electron chi connectivity index (χ3n) is 6.16. The van der Waals surface area contributed by atoms with Gasteiger partial charge in [-0.1, -0.05) is 84.4 Å². The molecule has 0 saturated heterocycles. The van der Waals surface area contributed by atoms with Gasteiger partial charge < -0.3 is 9.97 Å². The predicted molar refractivity (Wildman–Crippen MR) is 156 cm³/mol. The van der Waals surface area contributed by atoms with Gasteiger partial charge in [-0.3, -0.25) is 0 Å². The summed E-state index contributed by atoms with van der Waals surface area (Å²) in [6.07, 6.45) is 5.53. The fourth-order valence-electron chi connectivity index (χ4n) is 4.30. The second-order valence-electron chi connectivity index (χ2n) is 8.94. The monoisotopic (exact) mass is 681 g/mol. The number of hydrogen-bond donors (Lipinski definition) is 0. The molecule has 39 heavy (non-hydrogen) atoms. The van der Waals surface area contributed by atoms with Crippen molar-refractivity contribution in [3.63, 3.8) is 0 Å². The molecule has 4 aromatic carbocycles. The molecule has 193 valence electrons. The summed E-state index contributed by atoms with van der Waals surface area (Å²) in [6.45, 7) is 0. The van der Waals surface area contributed by atoms with Gasteiger partial charge in [0, 0.05) is 32.5 Å². The van der Waals surface area contributed by atoms with Crippen LogP contribution in [0, 0.1) is 12.1 Å². The first-order valence-electron chi connectivity index (χ1n) is 12.8. The maximum Gasteiger partial charge on any atom is 0.0163 e. The molecule has 2 nitrogen and oxygen atoms in total. The largest absolute Gasteiger partial charge is 0.305 e. The molecule has 0 amide bonds. The van der Waals surface area contributed by atoms with Crippen molar-refractivity contribution in [3.8, 4) is 22.5 Å². The van der Waals surface area contributed by atoms with Crippen molar-refractivity contribution in [1.82, 2.24) is 9.97 Å². The first kappa shape index (κ1) is 27.9. The van der Waals surface area contributed by atoms with E-state index in [4.69, 9.17) is 0 Å². The normalized spacial score (nSPS) is 10.1. The summed E-state index contributed by atoms with van der Waals surface area (Å²) in [6, 6.07) is 51.7. The third-order valence-corrected chi connectivity index (χ3v) is 6.16. The Morgan fingerprint density at radius 3 is 1.85 bits per heavy atom. The van der Waals surface area contributed by atoms with E-state index in [2.05, 4.69) is 88.8 Å². The zero-order valence-electron chi connectivity index (χ0n) is 21.5. The number of pyridine rings is 2. The van der Waals surface area contributed by atoms with Gasteiger partial charge in [-0.15, -0.1) is 71.3 Å². The Morgan fingerprint density at radius 1 is 0.487 bits per heavy atom. The Balaban J connectivity index is 0.000000176. The van der Waals surface area contributed by atoms with Gasteiger partial charge in [-0.05, 0) is 47.5 Å². The van der Waals surface area contributed by atoms with E-state index >= 15 is 0 Å². The Morgan fingerprint density at radius 2 is 1.15 bits per heavy atom. The van der Waals surface area contributed by atoms with E-state index in [1.165, 1.54) is 22.3 Å². The van der Waals surface area contributed by atoms with E-state index in [-0.39, 0.29) is 20.1 Å². The minimum absolute atomic E-state index is 0.